The van der Waals surface area contributed by atoms with Crippen molar-refractivity contribution in [3.05, 3.63) is 64.5 Å². The van der Waals surface area contributed by atoms with Gasteiger partial charge in [0.2, 0.25) is 0 Å². The second kappa shape index (κ2) is 10.6. The van der Waals surface area contributed by atoms with Crippen LogP contribution >= 0.6 is 11.6 Å². The second-order valence-electron chi connectivity index (χ2n) is 6.58. The number of aliphatic imine (C=N–C) groups is 1. The van der Waals surface area contributed by atoms with Crippen molar-refractivity contribution in [2.45, 2.75) is 33.1 Å². The van der Waals surface area contributed by atoms with E-state index >= 15 is 0 Å². The highest BCUT2D eigenvalue weighted by atomic mass is 35.5. The molecule has 1 aromatic carbocycles. The lowest BCUT2D eigenvalue weighted by molar-refractivity contribution is 0.810. The monoisotopic (exact) mass is 397 g/mol. The van der Waals surface area contributed by atoms with E-state index in [-0.39, 0.29) is 5.84 Å². The van der Waals surface area contributed by atoms with Crippen molar-refractivity contribution in [1.82, 2.24) is 10.6 Å². The van der Waals surface area contributed by atoms with E-state index < -0.39 is 0 Å². The molecule has 0 heterocycles. The van der Waals surface area contributed by atoms with Gasteiger partial charge < -0.3 is 16.0 Å². The zero-order valence-corrected chi connectivity index (χ0v) is 17.5. The minimum Gasteiger partial charge on any atom is -0.394 e. The highest BCUT2D eigenvalue weighted by Crippen LogP contribution is 2.30. The highest BCUT2D eigenvalue weighted by molar-refractivity contribution is 6.36. The first kappa shape index (κ1) is 21.6. The number of amidine groups is 1. The summed E-state index contributed by atoms with van der Waals surface area (Å²) in [5, 5.41) is 23.6. The Bertz CT molecular complexity index is 861. The van der Waals surface area contributed by atoms with Gasteiger partial charge in [-0.25, -0.2) is 4.99 Å². The smallest absolute Gasteiger partial charge is 0.146 e. The third-order valence-electron chi connectivity index (χ3n) is 4.42. The summed E-state index contributed by atoms with van der Waals surface area (Å²) in [7, 11) is 1.84. The van der Waals surface area contributed by atoms with Gasteiger partial charge in [-0.1, -0.05) is 30.7 Å². The van der Waals surface area contributed by atoms with Crippen LogP contribution in [0.2, 0.25) is 5.02 Å². The van der Waals surface area contributed by atoms with Gasteiger partial charge in [-0.05, 0) is 61.1 Å². The second-order valence-corrected chi connectivity index (χ2v) is 7.02. The third-order valence-corrected chi connectivity index (χ3v) is 4.66. The molecule has 1 saturated carbocycles. The Morgan fingerprint density at radius 2 is 2.11 bits per heavy atom. The van der Waals surface area contributed by atoms with Gasteiger partial charge in [-0.2, -0.15) is 0 Å². The average Bonchev–Trinajstić information content (AvgIpc) is 2.67. The molecule has 1 aliphatic rings. The van der Waals surface area contributed by atoms with E-state index in [0.29, 0.717) is 22.9 Å². The quantitative estimate of drug-likeness (QED) is 0.310. The van der Waals surface area contributed by atoms with E-state index in [1.54, 1.807) is 12.3 Å². The van der Waals surface area contributed by atoms with Gasteiger partial charge in [0.1, 0.15) is 5.84 Å². The number of nitrogens with one attached hydrogen (secondary N) is 4. The van der Waals surface area contributed by atoms with Crippen molar-refractivity contribution in [2.75, 3.05) is 13.6 Å². The van der Waals surface area contributed by atoms with Crippen molar-refractivity contribution >= 4 is 34.4 Å². The number of rotatable bonds is 6. The molecule has 0 aliphatic heterocycles. The zero-order valence-electron chi connectivity index (χ0n) is 16.7. The van der Waals surface area contributed by atoms with Gasteiger partial charge in [0.15, 0.2) is 0 Å². The summed E-state index contributed by atoms with van der Waals surface area (Å²) in [6.45, 7) is 4.93. The molecule has 2 rings (SSSR count). The molecule has 148 valence electrons. The first-order valence-corrected chi connectivity index (χ1v) is 9.84. The minimum atomic E-state index is 0.145. The van der Waals surface area contributed by atoms with Gasteiger partial charge in [-0.3, -0.25) is 5.41 Å². The standard InChI is InChI=1S/C22H28ClN5/c1-4-11-27-12-10-20(25)28-22-17(14-26-3)8-9-19(24)21(22)15(2)16-6-5-7-18(23)13-16/h5-7,10,12-14,24-27H,4,8-9,11H2,1-3H3/b12-10-,17-14-,21-15-,24-19?,25-20?,28-22+. The molecule has 1 aliphatic carbocycles. The van der Waals surface area contributed by atoms with Crippen LogP contribution in [0.3, 0.4) is 0 Å². The SMILES string of the molecule is CCCN/C=C\C(=N)/N=C1C(=C/NC)\CCC(=N)C\1=C(/C)c1cccc(Cl)c1. The number of hydrogen-bond acceptors (Lipinski definition) is 4. The van der Waals surface area contributed by atoms with E-state index in [1.165, 1.54) is 0 Å². The lowest BCUT2D eigenvalue weighted by Crippen LogP contribution is -2.24. The average molecular weight is 398 g/mol. The van der Waals surface area contributed by atoms with Gasteiger partial charge in [0.05, 0.1) is 5.71 Å². The molecule has 0 saturated heterocycles. The Labute approximate surface area is 172 Å². The van der Waals surface area contributed by atoms with E-state index in [0.717, 1.165) is 41.7 Å². The van der Waals surface area contributed by atoms with Crippen LogP contribution in [0.25, 0.3) is 5.57 Å². The van der Waals surface area contributed by atoms with Crippen molar-refractivity contribution in [1.29, 1.82) is 10.8 Å². The minimum absolute atomic E-state index is 0.145. The van der Waals surface area contributed by atoms with E-state index in [9.17, 15) is 0 Å². The van der Waals surface area contributed by atoms with Gasteiger partial charge in [0.25, 0.3) is 0 Å². The number of benzene rings is 1. The Balaban J connectivity index is 2.52. The fraction of sp³-hybridized carbons (Fsp3) is 0.318. The summed E-state index contributed by atoms with van der Waals surface area (Å²) in [4.78, 5) is 4.57. The molecule has 28 heavy (non-hydrogen) atoms. The summed E-state index contributed by atoms with van der Waals surface area (Å²) in [6.07, 6.45) is 7.67. The molecule has 0 bridgehead atoms. The van der Waals surface area contributed by atoms with Gasteiger partial charge >= 0.3 is 0 Å². The number of nitrogens with zero attached hydrogens (tertiary/aromatic N) is 1. The Morgan fingerprint density at radius 1 is 1.32 bits per heavy atom. The summed E-state index contributed by atoms with van der Waals surface area (Å²) in [6, 6.07) is 7.61. The number of allylic oxidation sites excluding steroid dienone is 3. The Kier molecular flexibility index (Phi) is 8.20. The first-order valence-electron chi connectivity index (χ1n) is 9.46. The van der Waals surface area contributed by atoms with Gasteiger partial charge in [-0.15, -0.1) is 0 Å². The summed E-state index contributed by atoms with van der Waals surface area (Å²) in [5.74, 6) is 0.145. The van der Waals surface area contributed by atoms with Crippen LogP contribution in [0.15, 0.2) is 58.9 Å². The van der Waals surface area contributed by atoms with Crippen LogP contribution in [0, 0.1) is 10.8 Å². The van der Waals surface area contributed by atoms with E-state index in [4.69, 9.17) is 22.4 Å². The maximum Gasteiger partial charge on any atom is 0.146 e. The lowest BCUT2D eigenvalue weighted by atomic mass is 9.82. The van der Waals surface area contributed by atoms with Crippen molar-refractivity contribution in [3.8, 4) is 0 Å². The lowest BCUT2D eigenvalue weighted by Gasteiger charge is -2.24. The molecule has 1 fully saturated rings. The molecule has 0 amide bonds. The van der Waals surface area contributed by atoms with Crippen molar-refractivity contribution in [2.24, 2.45) is 4.99 Å². The summed E-state index contributed by atoms with van der Waals surface area (Å²) >= 11 is 6.17. The molecule has 1 aromatic rings. The summed E-state index contributed by atoms with van der Waals surface area (Å²) in [5.41, 5.74) is 4.87. The van der Waals surface area contributed by atoms with Crippen LogP contribution < -0.4 is 10.6 Å². The van der Waals surface area contributed by atoms with Crippen LogP contribution in [-0.4, -0.2) is 30.9 Å². The molecule has 5 nitrogen and oxygen atoms in total. The molecule has 0 spiro atoms. The van der Waals surface area contributed by atoms with Crippen LogP contribution in [-0.2, 0) is 0 Å². The molecule has 0 atom stereocenters. The van der Waals surface area contributed by atoms with E-state index in [2.05, 4.69) is 22.5 Å². The largest absolute Gasteiger partial charge is 0.394 e. The summed E-state index contributed by atoms with van der Waals surface area (Å²) < 4.78 is 0. The Hall–Kier alpha value is -2.66. The predicted octanol–water partition coefficient (Wildman–Crippen LogP) is 4.96. The molecule has 0 aromatic heterocycles. The maximum absolute atomic E-state index is 8.55. The maximum atomic E-state index is 8.55. The first-order chi connectivity index (χ1) is 13.5. The fourth-order valence-electron chi connectivity index (χ4n) is 3.04. The van der Waals surface area contributed by atoms with Gasteiger partial charge in [0, 0.05) is 42.3 Å². The molecule has 6 heteroatoms. The molecule has 0 radical (unpaired) electrons. The van der Waals surface area contributed by atoms with Crippen molar-refractivity contribution < 1.29 is 0 Å². The third kappa shape index (κ3) is 5.67. The molecular weight excluding hydrogens is 370 g/mol. The van der Waals surface area contributed by atoms with Crippen LogP contribution in [0.4, 0.5) is 0 Å². The Morgan fingerprint density at radius 3 is 2.79 bits per heavy atom. The fourth-order valence-corrected chi connectivity index (χ4v) is 3.23. The number of halogens is 1. The normalized spacial score (nSPS) is 19.4. The molecule has 4 N–H and O–H groups in total. The topological polar surface area (TPSA) is 84.1 Å². The zero-order chi connectivity index (χ0) is 20.5. The molecular formula is C22H28ClN5. The highest BCUT2D eigenvalue weighted by Gasteiger charge is 2.26. The van der Waals surface area contributed by atoms with Crippen LogP contribution in [0.5, 0.6) is 0 Å². The number of hydrogen-bond donors (Lipinski definition) is 4. The van der Waals surface area contributed by atoms with Crippen molar-refractivity contribution in [3.63, 3.8) is 0 Å². The van der Waals surface area contributed by atoms with E-state index in [1.807, 2.05) is 44.4 Å². The van der Waals surface area contributed by atoms with Crippen LogP contribution in [0.1, 0.15) is 38.7 Å². The molecule has 0 unspecified atom stereocenters. The predicted molar refractivity (Wildman–Crippen MR) is 121 cm³/mol.